The predicted octanol–water partition coefficient (Wildman–Crippen LogP) is 4.35. The second kappa shape index (κ2) is 6.09. The van der Waals surface area contributed by atoms with Crippen LogP contribution in [0.5, 0.6) is 0 Å². The van der Waals surface area contributed by atoms with E-state index < -0.39 is 0 Å². The van der Waals surface area contributed by atoms with Gasteiger partial charge in [0.15, 0.2) is 5.78 Å². The summed E-state index contributed by atoms with van der Waals surface area (Å²) in [4.78, 5) is 13.0. The van der Waals surface area contributed by atoms with E-state index in [-0.39, 0.29) is 5.78 Å². The minimum atomic E-state index is 0.0403. The quantitative estimate of drug-likeness (QED) is 0.772. The lowest BCUT2D eigenvalue weighted by Crippen LogP contribution is -2.11. The monoisotopic (exact) mass is 293 g/mol. The summed E-state index contributed by atoms with van der Waals surface area (Å²) in [5.41, 5.74) is 1.89. The zero-order chi connectivity index (χ0) is 13.8. The Bertz CT molecular complexity index is 572. The van der Waals surface area contributed by atoms with E-state index in [2.05, 4.69) is 0 Å². The van der Waals surface area contributed by atoms with Gasteiger partial charge in [0.1, 0.15) is 0 Å². The first kappa shape index (κ1) is 13.9. The van der Waals surface area contributed by atoms with Crippen LogP contribution in [-0.4, -0.2) is 10.7 Å². The van der Waals surface area contributed by atoms with Crippen molar-refractivity contribution in [2.45, 2.75) is 13.5 Å². The van der Waals surface area contributed by atoms with E-state index in [9.17, 15) is 4.79 Å². The number of nitrogens with zero attached hydrogens (tertiary/aromatic N) is 1. The van der Waals surface area contributed by atoms with Crippen molar-refractivity contribution in [2.75, 3.05) is 0 Å². The molecule has 0 N–H and O–H groups in total. The lowest BCUT2D eigenvalue weighted by atomic mass is 10.1. The summed E-state index contributed by atoms with van der Waals surface area (Å²) in [6, 6.07) is 5.46. The fourth-order valence-electron chi connectivity index (χ4n) is 1.75. The van der Waals surface area contributed by atoms with Crippen molar-refractivity contribution in [2.24, 2.45) is 0 Å². The minimum Gasteiger partial charge on any atom is -0.350 e. The molecule has 1 aliphatic heterocycles. The molecule has 98 valence electrons. The SMILES string of the molecule is CC(=O)C=C1C=CN(Cc2ccc(Cl)cc2Cl)C=C1. The number of carbonyl (C=O) groups excluding carboxylic acids is 1. The molecule has 0 saturated heterocycles. The third kappa shape index (κ3) is 3.98. The van der Waals surface area contributed by atoms with Gasteiger partial charge in [-0.25, -0.2) is 0 Å². The molecule has 0 amide bonds. The van der Waals surface area contributed by atoms with Crippen LogP contribution in [0.3, 0.4) is 0 Å². The third-order valence-corrected chi connectivity index (χ3v) is 3.24. The molecule has 0 saturated carbocycles. The lowest BCUT2D eigenvalue weighted by molar-refractivity contribution is -0.112. The topological polar surface area (TPSA) is 20.3 Å². The summed E-state index contributed by atoms with van der Waals surface area (Å²) >= 11 is 12.0. The molecular weight excluding hydrogens is 281 g/mol. The Morgan fingerprint density at radius 2 is 1.95 bits per heavy atom. The average Bonchev–Trinajstić information content (AvgIpc) is 2.34. The van der Waals surface area contributed by atoms with Crippen LogP contribution in [-0.2, 0) is 11.3 Å². The highest BCUT2D eigenvalue weighted by molar-refractivity contribution is 6.35. The standard InChI is InChI=1S/C15H13Cl2NO/c1-11(19)8-12-4-6-18(7-5-12)10-13-2-3-14(16)9-15(13)17/h2-9H,10H2,1H3. The number of ketones is 1. The van der Waals surface area contributed by atoms with E-state index in [0.717, 1.165) is 11.1 Å². The van der Waals surface area contributed by atoms with E-state index in [4.69, 9.17) is 23.2 Å². The minimum absolute atomic E-state index is 0.0403. The van der Waals surface area contributed by atoms with Crippen LogP contribution in [0.2, 0.25) is 10.0 Å². The van der Waals surface area contributed by atoms with Gasteiger partial charge in [-0.1, -0.05) is 29.3 Å². The summed E-state index contributed by atoms with van der Waals surface area (Å²) in [5, 5.41) is 1.28. The van der Waals surface area contributed by atoms with E-state index in [1.165, 1.54) is 6.92 Å². The zero-order valence-corrected chi connectivity index (χ0v) is 11.9. The molecule has 0 unspecified atom stereocenters. The first-order chi connectivity index (χ1) is 9.04. The van der Waals surface area contributed by atoms with Crippen molar-refractivity contribution in [3.05, 3.63) is 70.0 Å². The van der Waals surface area contributed by atoms with Crippen LogP contribution in [0.25, 0.3) is 0 Å². The van der Waals surface area contributed by atoms with E-state index in [1.54, 1.807) is 12.1 Å². The Morgan fingerprint density at radius 1 is 1.26 bits per heavy atom. The Balaban J connectivity index is 2.07. The average molecular weight is 294 g/mol. The van der Waals surface area contributed by atoms with Gasteiger partial charge >= 0.3 is 0 Å². The number of benzene rings is 1. The highest BCUT2D eigenvalue weighted by atomic mass is 35.5. The van der Waals surface area contributed by atoms with Gasteiger partial charge in [-0.2, -0.15) is 0 Å². The molecule has 19 heavy (non-hydrogen) atoms. The van der Waals surface area contributed by atoms with Gasteiger partial charge in [-0.3, -0.25) is 4.79 Å². The fraction of sp³-hybridized carbons (Fsp3) is 0.133. The molecule has 1 aliphatic rings. The summed E-state index contributed by atoms with van der Waals surface area (Å²) < 4.78 is 0. The van der Waals surface area contributed by atoms with E-state index in [1.807, 2.05) is 41.6 Å². The van der Waals surface area contributed by atoms with Crippen LogP contribution in [0.4, 0.5) is 0 Å². The molecular formula is C15H13Cl2NO. The van der Waals surface area contributed by atoms with Gasteiger partial charge in [0.2, 0.25) is 0 Å². The van der Waals surface area contributed by atoms with Gasteiger partial charge in [0.05, 0.1) is 0 Å². The van der Waals surface area contributed by atoms with Crippen LogP contribution in [0.1, 0.15) is 12.5 Å². The van der Waals surface area contributed by atoms with Gasteiger partial charge < -0.3 is 4.90 Å². The molecule has 4 heteroatoms. The van der Waals surface area contributed by atoms with Crippen molar-refractivity contribution in [3.8, 4) is 0 Å². The molecule has 0 bridgehead atoms. The zero-order valence-electron chi connectivity index (χ0n) is 10.4. The van der Waals surface area contributed by atoms with Crippen molar-refractivity contribution in [3.63, 3.8) is 0 Å². The summed E-state index contributed by atoms with van der Waals surface area (Å²) in [7, 11) is 0. The Labute approximate surface area is 122 Å². The molecule has 0 aliphatic carbocycles. The fourth-order valence-corrected chi connectivity index (χ4v) is 2.22. The second-order valence-electron chi connectivity index (χ2n) is 4.29. The molecule has 0 aromatic heterocycles. The van der Waals surface area contributed by atoms with E-state index >= 15 is 0 Å². The maximum atomic E-state index is 11.0. The predicted molar refractivity (Wildman–Crippen MR) is 79.0 cm³/mol. The number of hydrogen-bond donors (Lipinski definition) is 0. The van der Waals surface area contributed by atoms with Crippen molar-refractivity contribution >= 4 is 29.0 Å². The number of rotatable bonds is 3. The van der Waals surface area contributed by atoms with Crippen molar-refractivity contribution in [1.29, 1.82) is 0 Å². The number of halogens is 2. The summed E-state index contributed by atoms with van der Waals surface area (Å²) in [6.45, 7) is 2.20. The molecule has 2 rings (SSSR count). The van der Waals surface area contributed by atoms with Crippen LogP contribution in [0, 0.1) is 0 Å². The van der Waals surface area contributed by atoms with Gasteiger partial charge in [-0.15, -0.1) is 0 Å². The van der Waals surface area contributed by atoms with Gasteiger partial charge in [0, 0.05) is 29.0 Å². The summed E-state index contributed by atoms with van der Waals surface area (Å²) in [6.07, 6.45) is 9.22. The molecule has 1 aromatic carbocycles. The normalized spacial score (nSPS) is 13.8. The molecule has 2 nitrogen and oxygen atoms in total. The first-order valence-corrected chi connectivity index (χ1v) is 6.58. The van der Waals surface area contributed by atoms with Crippen LogP contribution >= 0.6 is 23.2 Å². The molecule has 0 atom stereocenters. The second-order valence-corrected chi connectivity index (χ2v) is 5.14. The van der Waals surface area contributed by atoms with Gasteiger partial charge in [-0.05, 0) is 48.4 Å². The smallest absolute Gasteiger partial charge is 0.153 e. The molecule has 0 fully saturated rings. The van der Waals surface area contributed by atoms with Gasteiger partial charge in [0.25, 0.3) is 0 Å². The molecule has 1 heterocycles. The Kier molecular flexibility index (Phi) is 4.46. The molecule has 0 radical (unpaired) electrons. The lowest BCUT2D eigenvalue weighted by Gasteiger charge is -2.19. The maximum Gasteiger partial charge on any atom is 0.153 e. The largest absolute Gasteiger partial charge is 0.350 e. The van der Waals surface area contributed by atoms with Crippen LogP contribution in [0.15, 0.2) is 54.4 Å². The number of allylic oxidation sites excluding steroid dienone is 4. The van der Waals surface area contributed by atoms with Crippen molar-refractivity contribution in [1.82, 2.24) is 4.90 Å². The third-order valence-electron chi connectivity index (χ3n) is 2.65. The Morgan fingerprint density at radius 3 is 2.53 bits per heavy atom. The first-order valence-electron chi connectivity index (χ1n) is 5.83. The molecule has 1 aromatic rings. The van der Waals surface area contributed by atoms with Crippen LogP contribution < -0.4 is 0 Å². The number of hydrogen-bond acceptors (Lipinski definition) is 2. The van der Waals surface area contributed by atoms with Crippen molar-refractivity contribution < 1.29 is 4.79 Å². The van der Waals surface area contributed by atoms with E-state index in [0.29, 0.717) is 16.6 Å². The summed E-state index contributed by atoms with van der Waals surface area (Å²) in [5.74, 6) is 0.0403. The molecule has 0 spiro atoms. The highest BCUT2D eigenvalue weighted by Gasteiger charge is 2.06. The maximum absolute atomic E-state index is 11.0. The highest BCUT2D eigenvalue weighted by Crippen LogP contribution is 2.23. The number of carbonyl (C=O) groups is 1. The Hall–Kier alpha value is -1.51.